The van der Waals surface area contributed by atoms with Crippen molar-refractivity contribution in [2.75, 3.05) is 26.8 Å². The van der Waals surface area contributed by atoms with Crippen molar-refractivity contribution in [3.8, 4) is 17.2 Å². The van der Waals surface area contributed by atoms with Crippen LogP contribution in [0.15, 0.2) is 0 Å². The highest BCUT2D eigenvalue weighted by Gasteiger charge is 2.53. The lowest BCUT2D eigenvalue weighted by molar-refractivity contribution is -0.235. The molecule has 2 fully saturated rings. The zero-order valence-corrected chi connectivity index (χ0v) is 16.7. The van der Waals surface area contributed by atoms with Gasteiger partial charge in [0.15, 0.2) is 17.6 Å². The molecule has 0 saturated carbocycles. The Hall–Kier alpha value is -2.11. The number of esters is 1. The smallest absolute Gasteiger partial charge is 0.339 e. The number of aromatic hydroxyl groups is 2. The summed E-state index contributed by atoms with van der Waals surface area (Å²) in [7, 11) is 1.28. The molecule has 5 N–H and O–H groups in total. The molecule has 0 aromatic heterocycles. The molecule has 3 aliphatic rings. The normalized spacial score (nSPS) is 31.6. The van der Waals surface area contributed by atoms with Crippen LogP contribution >= 0.6 is 0 Å². The first kappa shape index (κ1) is 21.1. The molecule has 0 radical (unpaired) electrons. The first-order valence-electron chi connectivity index (χ1n) is 10.1. The van der Waals surface area contributed by atoms with Gasteiger partial charge in [0.2, 0.25) is 5.75 Å². The second kappa shape index (κ2) is 8.20. The van der Waals surface area contributed by atoms with Crippen LogP contribution < -0.4 is 4.74 Å². The second-order valence-electron chi connectivity index (χ2n) is 7.96. The van der Waals surface area contributed by atoms with E-state index < -0.39 is 48.8 Å². The Balaban J connectivity index is 1.85. The van der Waals surface area contributed by atoms with Crippen LogP contribution in [0.1, 0.15) is 46.9 Å². The van der Waals surface area contributed by atoms with Crippen molar-refractivity contribution >= 4 is 5.97 Å². The molecule has 3 heterocycles. The zero-order chi connectivity index (χ0) is 21.6. The molecule has 10 heteroatoms. The largest absolute Gasteiger partial charge is 0.504 e. The molecule has 1 aromatic carbocycles. The Kier molecular flexibility index (Phi) is 5.78. The predicted octanol–water partition coefficient (Wildman–Crippen LogP) is -0.215. The van der Waals surface area contributed by atoms with Crippen LogP contribution in [0.25, 0.3) is 0 Å². The van der Waals surface area contributed by atoms with E-state index in [1.807, 2.05) is 0 Å². The Bertz CT molecular complexity index is 823. The van der Waals surface area contributed by atoms with E-state index in [9.17, 15) is 30.3 Å². The molecule has 0 aliphatic carbocycles. The van der Waals surface area contributed by atoms with Crippen molar-refractivity contribution in [1.29, 1.82) is 0 Å². The fourth-order valence-electron chi connectivity index (χ4n) is 4.61. The summed E-state index contributed by atoms with van der Waals surface area (Å²) in [5.74, 6) is -1.91. The van der Waals surface area contributed by atoms with E-state index in [-0.39, 0.29) is 34.7 Å². The summed E-state index contributed by atoms with van der Waals surface area (Å²) in [5, 5.41) is 51.7. The summed E-state index contributed by atoms with van der Waals surface area (Å²) in [6.45, 7) is 1.26. The van der Waals surface area contributed by atoms with Gasteiger partial charge in [-0.25, -0.2) is 4.79 Å². The molecule has 30 heavy (non-hydrogen) atoms. The summed E-state index contributed by atoms with van der Waals surface area (Å²) < 4.78 is 16.3. The Labute approximate surface area is 173 Å². The van der Waals surface area contributed by atoms with E-state index in [0.29, 0.717) is 0 Å². The first-order valence-corrected chi connectivity index (χ1v) is 10.1. The van der Waals surface area contributed by atoms with Gasteiger partial charge >= 0.3 is 5.97 Å². The Morgan fingerprint density at radius 2 is 1.80 bits per heavy atom. The van der Waals surface area contributed by atoms with Gasteiger partial charge in [-0.05, 0) is 25.9 Å². The number of likely N-dealkylation sites (tertiary alicyclic amines) is 1. The number of nitrogens with zero attached hydrogens (tertiary/aromatic N) is 1. The second-order valence-corrected chi connectivity index (χ2v) is 7.96. The van der Waals surface area contributed by atoms with Crippen molar-refractivity contribution in [3.05, 3.63) is 16.7 Å². The molecule has 2 saturated heterocycles. The highest BCUT2D eigenvalue weighted by Crippen LogP contribution is 2.52. The minimum Gasteiger partial charge on any atom is -0.504 e. The average Bonchev–Trinajstić information content (AvgIpc) is 2.74. The predicted molar refractivity (Wildman–Crippen MR) is 101 cm³/mol. The van der Waals surface area contributed by atoms with Crippen LogP contribution in [0.5, 0.6) is 17.2 Å². The summed E-state index contributed by atoms with van der Waals surface area (Å²) in [5.41, 5.74) is 0.218. The molecule has 3 aliphatic heterocycles. The van der Waals surface area contributed by atoms with Crippen LogP contribution in [-0.2, 0) is 16.0 Å². The number of rotatable bonds is 4. The minimum atomic E-state index is -1.53. The third-order valence-corrected chi connectivity index (χ3v) is 6.18. The van der Waals surface area contributed by atoms with Crippen LogP contribution in [0.4, 0.5) is 0 Å². The molecule has 1 aromatic rings. The van der Waals surface area contributed by atoms with Crippen LogP contribution in [0.2, 0.25) is 0 Å². The van der Waals surface area contributed by atoms with Gasteiger partial charge in [0.25, 0.3) is 0 Å². The summed E-state index contributed by atoms with van der Waals surface area (Å²) in [4.78, 5) is 15.0. The number of methoxy groups -OCH3 is 1. The maximum Gasteiger partial charge on any atom is 0.339 e. The van der Waals surface area contributed by atoms with E-state index in [1.54, 1.807) is 0 Å². The molecular weight excluding hydrogens is 398 g/mol. The highest BCUT2D eigenvalue weighted by atomic mass is 16.6. The zero-order valence-electron chi connectivity index (χ0n) is 16.7. The van der Waals surface area contributed by atoms with Gasteiger partial charge in [0.05, 0.1) is 19.3 Å². The van der Waals surface area contributed by atoms with Gasteiger partial charge < -0.3 is 39.7 Å². The number of phenols is 2. The van der Waals surface area contributed by atoms with E-state index in [2.05, 4.69) is 4.90 Å². The first-order chi connectivity index (χ1) is 14.4. The van der Waals surface area contributed by atoms with Gasteiger partial charge in [-0.3, -0.25) is 4.90 Å². The van der Waals surface area contributed by atoms with Gasteiger partial charge in [-0.1, -0.05) is 6.42 Å². The highest BCUT2D eigenvalue weighted by molar-refractivity contribution is 5.97. The summed E-state index contributed by atoms with van der Waals surface area (Å²) in [6.07, 6.45) is -3.47. The lowest BCUT2D eigenvalue weighted by Gasteiger charge is -2.45. The maximum atomic E-state index is 12.9. The van der Waals surface area contributed by atoms with Crippen LogP contribution in [0, 0.1) is 0 Å². The number of fused-ring (bicyclic) bond motifs is 3. The summed E-state index contributed by atoms with van der Waals surface area (Å²) in [6, 6.07) is 0. The number of aliphatic hydroxyl groups is 3. The maximum absolute atomic E-state index is 12.9. The lowest BCUT2D eigenvalue weighted by Crippen LogP contribution is -2.58. The molecule has 5 unspecified atom stereocenters. The van der Waals surface area contributed by atoms with Crippen molar-refractivity contribution in [2.24, 2.45) is 0 Å². The Morgan fingerprint density at radius 1 is 1.10 bits per heavy atom. The van der Waals surface area contributed by atoms with Gasteiger partial charge in [0.1, 0.15) is 24.4 Å². The molecule has 0 bridgehead atoms. The number of ether oxygens (including phenoxy) is 3. The third-order valence-electron chi connectivity index (χ3n) is 6.18. The molecule has 166 valence electrons. The van der Waals surface area contributed by atoms with E-state index >= 15 is 0 Å². The van der Waals surface area contributed by atoms with E-state index in [4.69, 9.17) is 14.2 Å². The van der Waals surface area contributed by atoms with Gasteiger partial charge in [0, 0.05) is 17.7 Å². The van der Waals surface area contributed by atoms with E-state index in [0.717, 1.165) is 32.4 Å². The Morgan fingerprint density at radius 3 is 2.43 bits per heavy atom. The minimum absolute atomic E-state index is 0.0160. The quantitative estimate of drug-likeness (QED) is 0.410. The molecule has 4 rings (SSSR count). The SMILES string of the molecule is COc1c(O)c(CN2CCCCC2)c2c(c1O)C1OC(CO)C(O)C(O)C1OC2=O. The average molecular weight is 425 g/mol. The molecular formula is C20H27NO9. The number of carbonyl (C=O) groups is 1. The number of aliphatic hydroxyl groups excluding tert-OH is 3. The van der Waals surface area contributed by atoms with Crippen LogP contribution in [-0.4, -0.2) is 87.6 Å². The third kappa shape index (κ3) is 3.28. The monoisotopic (exact) mass is 425 g/mol. The number of hydrogen-bond acceptors (Lipinski definition) is 10. The molecule has 0 spiro atoms. The van der Waals surface area contributed by atoms with Crippen molar-refractivity contribution < 1.29 is 44.5 Å². The molecule has 5 atom stereocenters. The van der Waals surface area contributed by atoms with Crippen molar-refractivity contribution in [2.45, 2.75) is 56.3 Å². The van der Waals surface area contributed by atoms with Crippen molar-refractivity contribution in [3.63, 3.8) is 0 Å². The van der Waals surface area contributed by atoms with Crippen molar-refractivity contribution in [1.82, 2.24) is 4.90 Å². The number of benzene rings is 1. The van der Waals surface area contributed by atoms with E-state index in [1.165, 1.54) is 7.11 Å². The van der Waals surface area contributed by atoms with Crippen LogP contribution in [0.3, 0.4) is 0 Å². The molecule has 0 amide bonds. The number of phenolic OH excluding ortho intramolecular Hbond substituents is 2. The number of hydrogen-bond donors (Lipinski definition) is 5. The molecule has 10 nitrogen and oxygen atoms in total. The number of carbonyl (C=O) groups excluding carboxylic acids is 1. The van der Waals surface area contributed by atoms with Gasteiger partial charge in [-0.15, -0.1) is 0 Å². The van der Waals surface area contributed by atoms with Gasteiger partial charge in [-0.2, -0.15) is 0 Å². The number of piperidine rings is 1. The lowest BCUT2D eigenvalue weighted by atomic mass is 9.84. The topological polar surface area (TPSA) is 149 Å². The fraction of sp³-hybridized carbons (Fsp3) is 0.650. The summed E-state index contributed by atoms with van der Waals surface area (Å²) >= 11 is 0. The fourth-order valence-corrected chi connectivity index (χ4v) is 4.61. The standard InChI is InChI=1S/C20H27NO9/c1-28-18-13(23)9(7-21-5-3-2-4-6-21)11-12(15(18)25)17-19(30-20(11)27)16(26)14(24)10(8-22)29-17/h10,14,16-17,19,22-26H,2-8H2,1H3.